The minimum atomic E-state index is -0.178. The maximum Gasteiger partial charge on any atom is 0.258 e. The van der Waals surface area contributed by atoms with Crippen molar-refractivity contribution in [3.63, 3.8) is 0 Å². The van der Waals surface area contributed by atoms with Gasteiger partial charge < -0.3 is 0 Å². The van der Waals surface area contributed by atoms with Gasteiger partial charge in [0.1, 0.15) is 0 Å². The Morgan fingerprint density at radius 1 is 0.815 bits per heavy atom. The number of carbonyl (C=O) groups excluding carboxylic acids is 1. The third kappa shape index (κ3) is 3.99. The molecule has 3 nitrogen and oxygen atoms in total. The van der Waals surface area contributed by atoms with Gasteiger partial charge in [-0.3, -0.25) is 10.1 Å². The highest BCUT2D eigenvalue weighted by molar-refractivity contribution is 9.10. The van der Waals surface area contributed by atoms with Gasteiger partial charge in [0, 0.05) is 15.4 Å². The third-order valence-corrected chi connectivity index (χ3v) is 5.58. The van der Waals surface area contributed by atoms with Gasteiger partial charge in [-0.15, -0.1) is 11.3 Å². The van der Waals surface area contributed by atoms with Gasteiger partial charge in [0.2, 0.25) is 0 Å². The lowest BCUT2D eigenvalue weighted by Gasteiger charge is -2.04. The molecule has 0 aliphatic heterocycles. The van der Waals surface area contributed by atoms with E-state index in [4.69, 9.17) is 0 Å². The quantitative estimate of drug-likeness (QED) is 0.398. The fourth-order valence-electron chi connectivity index (χ4n) is 2.74. The number of nitrogens with zero attached hydrogens (tertiary/aromatic N) is 1. The van der Waals surface area contributed by atoms with Crippen LogP contribution in [0, 0.1) is 0 Å². The van der Waals surface area contributed by atoms with Gasteiger partial charge in [-0.2, -0.15) is 0 Å². The predicted octanol–water partition coefficient (Wildman–Crippen LogP) is 6.49. The number of anilines is 1. The largest absolute Gasteiger partial charge is 0.298 e. The van der Waals surface area contributed by atoms with Crippen LogP contribution >= 0.6 is 27.3 Å². The van der Waals surface area contributed by atoms with Crippen LogP contribution in [0.15, 0.2) is 88.7 Å². The van der Waals surface area contributed by atoms with Crippen molar-refractivity contribution in [3.8, 4) is 22.4 Å². The predicted molar refractivity (Wildman–Crippen MR) is 115 cm³/mol. The molecular weight excluding hydrogens is 420 g/mol. The van der Waals surface area contributed by atoms with Gasteiger partial charge in [-0.25, -0.2) is 4.98 Å². The van der Waals surface area contributed by atoms with Crippen LogP contribution < -0.4 is 5.32 Å². The van der Waals surface area contributed by atoms with E-state index in [1.165, 1.54) is 16.9 Å². The molecule has 27 heavy (non-hydrogen) atoms. The molecule has 0 aliphatic carbocycles. The first-order valence-electron chi connectivity index (χ1n) is 8.38. The highest BCUT2D eigenvalue weighted by Gasteiger charge is 2.12. The molecule has 3 aromatic carbocycles. The van der Waals surface area contributed by atoms with Crippen LogP contribution in [0.1, 0.15) is 10.4 Å². The average Bonchev–Trinajstić information content (AvgIpc) is 3.17. The van der Waals surface area contributed by atoms with Crippen LogP contribution in [0.5, 0.6) is 0 Å². The van der Waals surface area contributed by atoms with Crippen molar-refractivity contribution in [1.82, 2.24) is 4.98 Å². The molecule has 0 saturated carbocycles. The van der Waals surface area contributed by atoms with Crippen LogP contribution in [0.25, 0.3) is 22.4 Å². The van der Waals surface area contributed by atoms with Gasteiger partial charge in [-0.1, -0.05) is 66.7 Å². The molecule has 1 heterocycles. The summed E-state index contributed by atoms with van der Waals surface area (Å²) in [6.45, 7) is 0. The molecule has 1 aromatic heterocycles. The number of hydrogen-bond donors (Lipinski definition) is 1. The van der Waals surface area contributed by atoms with Gasteiger partial charge in [-0.05, 0) is 39.2 Å². The SMILES string of the molecule is O=C(Nc1nc(-c2ccc(-c3ccccc3)cc2)cs1)c1ccccc1Br. The van der Waals surface area contributed by atoms with Crippen molar-refractivity contribution >= 4 is 38.3 Å². The highest BCUT2D eigenvalue weighted by Crippen LogP contribution is 2.28. The van der Waals surface area contributed by atoms with E-state index in [9.17, 15) is 4.79 Å². The molecule has 0 radical (unpaired) electrons. The number of benzene rings is 3. The van der Waals surface area contributed by atoms with Crippen LogP contribution in [0.3, 0.4) is 0 Å². The van der Waals surface area contributed by atoms with E-state index in [2.05, 4.69) is 62.6 Å². The van der Waals surface area contributed by atoms with Crippen molar-refractivity contribution in [3.05, 3.63) is 94.3 Å². The Kier molecular flexibility index (Phi) is 5.14. The molecule has 5 heteroatoms. The Morgan fingerprint density at radius 2 is 1.44 bits per heavy atom. The number of amides is 1. The maximum absolute atomic E-state index is 12.4. The van der Waals surface area contributed by atoms with Gasteiger partial charge in [0.15, 0.2) is 5.13 Å². The fraction of sp³-hybridized carbons (Fsp3) is 0. The topological polar surface area (TPSA) is 42.0 Å². The van der Waals surface area contributed by atoms with E-state index in [0.717, 1.165) is 21.3 Å². The zero-order chi connectivity index (χ0) is 18.6. The number of nitrogens with one attached hydrogen (secondary N) is 1. The summed E-state index contributed by atoms with van der Waals surface area (Å²) in [5.74, 6) is -0.178. The normalized spacial score (nSPS) is 10.6. The minimum absolute atomic E-state index is 0.178. The molecule has 4 rings (SSSR count). The molecule has 0 atom stereocenters. The van der Waals surface area contributed by atoms with Gasteiger partial charge >= 0.3 is 0 Å². The molecule has 1 amide bonds. The number of halogens is 1. The number of rotatable bonds is 4. The van der Waals surface area contributed by atoms with E-state index >= 15 is 0 Å². The second-order valence-corrected chi connectivity index (χ2v) is 7.63. The summed E-state index contributed by atoms with van der Waals surface area (Å²) in [6.07, 6.45) is 0. The zero-order valence-corrected chi connectivity index (χ0v) is 16.6. The molecular formula is C22H15BrN2OS. The van der Waals surface area contributed by atoms with Crippen molar-refractivity contribution in [2.45, 2.75) is 0 Å². The maximum atomic E-state index is 12.4. The van der Waals surface area contributed by atoms with Crippen molar-refractivity contribution in [2.24, 2.45) is 0 Å². The Balaban J connectivity index is 1.51. The molecule has 4 aromatic rings. The van der Waals surface area contributed by atoms with Crippen LogP contribution in [0.4, 0.5) is 5.13 Å². The first-order valence-corrected chi connectivity index (χ1v) is 10.1. The van der Waals surface area contributed by atoms with Gasteiger partial charge in [0.25, 0.3) is 5.91 Å². The summed E-state index contributed by atoms with van der Waals surface area (Å²) in [5.41, 5.74) is 4.80. The monoisotopic (exact) mass is 434 g/mol. The molecule has 0 fully saturated rings. The lowest BCUT2D eigenvalue weighted by molar-refractivity contribution is 0.102. The molecule has 0 saturated heterocycles. The van der Waals surface area contributed by atoms with Gasteiger partial charge in [0.05, 0.1) is 11.3 Å². The Hall–Kier alpha value is -2.76. The van der Waals surface area contributed by atoms with E-state index in [1.807, 2.05) is 41.8 Å². The molecule has 0 spiro atoms. The summed E-state index contributed by atoms with van der Waals surface area (Å²) < 4.78 is 0.760. The lowest BCUT2D eigenvalue weighted by atomic mass is 10.0. The number of thiazole rings is 1. The molecule has 0 bridgehead atoms. The van der Waals surface area contributed by atoms with Crippen molar-refractivity contribution in [2.75, 3.05) is 5.32 Å². The second-order valence-electron chi connectivity index (χ2n) is 5.92. The highest BCUT2D eigenvalue weighted by atomic mass is 79.9. The number of aromatic nitrogens is 1. The summed E-state index contributed by atoms with van der Waals surface area (Å²) in [7, 11) is 0. The fourth-order valence-corrected chi connectivity index (χ4v) is 3.92. The van der Waals surface area contributed by atoms with Crippen molar-refractivity contribution in [1.29, 1.82) is 0 Å². The number of hydrogen-bond acceptors (Lipinski definition) is 3. The van der Waals surface area contributed by atoms with Crippen molar-refractivity contribution < 1.29 is 4.79 Å². The summed E-state index contributed by atoms with van der Waals surface area (Å²) in [4.78, 5) is 17.0. The average molecular weight is 435 g/mol. The molecule has 1 N–H and O–H groups in total. The standard InChI is InChI=1S/C22H15BrN2OS/c23-19-9-5-4-8-18(19)21(26)25-22-24-20(14-27-22)17-12-10-16(11-13-17)15-6-2-1-3-7-15/h1-14H,(H,24,25,26). The van der Waals surface area contributed by atoms with Crippen LogP contribution in [0.2, 0.25) is 0 Å². The first-order chi connectivity index (χ1) is 13.2. The Bertz CT molecular complexity index is 1070. The lowest BCUT2D eigenvalue weighted by Crippen LogP contribution is -2.12. The molecule has 0 aliphatic rings. The van der Waals surface area contributed by atoms with E-state index in [-0.39, 0.29) is 5.91 Å². The zero-order valence-electron chi connectivity index (χ0n) is 14.2. The first kappa shape index (κ1) is 17.6. The van der Waals surface area contributed by atoms with E-state index in [0.29, 0.717) is 10.7 Å². The van der Waals surface area contributed by atoms with Crippen LogP contribution in [-0.4, -0.2) is 10.9 Å². The molecule has 0 unspecified atom stereocenters. The third-order valence-electron chi connectivity index (χ3n) is 4.13. The second kappa shape index (κ2) is 7.86. The smallest absolute Gasteiger partial charge is 0.258 e. The van der Waals surface area contributed by atoms with Crippen LogP contribution in [-0.2, 0) is 0 Å². The Morgan fingerprint density at radius 3 is 2.19 bits per heavy atom. The molecule has 132 valence electrons. The summed E-state index contributed by atoms with van der Waals surface area (Å²) in [6, 6.07) is 25.9. The Labute approximate surface area is 169 Å². The minimum Gasteiger partial charge on any atom is -0.298 e. The summed E-state index contributed by atoms with van der Waals surface area (Å²) in [5, 5.41) is 5.40. The van der Waals surface area contributed by atoms with E-state index in [1.54, 1.807) is 6.07 Å². The van der Waals surface area contributed by atoms with E-state index < -0.39 is 0 Å². The number of carbonyl (C=O) groups is 1. The summed E-state index contributed by atoms with van der Waals surface area (Å²) >= 11 is 4.82.